The molecule has 0 bridgehead atoms. The van der Waals surface area contributed by atoms with Crippen LogP contribution < -0.4 is 10.6 Å². The third-order valence-corrected chi connectivity index (χ3v) is 2.79. The van der Waals surface area contributed by atoms with Gasteiger partial charge in [-0.2, -0.15) is 0 Å². The van der Waals surface area contributed by atoms with Crippen LogP contribution in [0.3, 0.4) is 0 Å². The summed E-state index contributed by atoms with van der Waals surface area (Å²) >= 11 is 0. The van der Waals surface area contributed by atoms with Gasteiger partial charge in [0.05, 0.1) is 12.5 Å². The molecule has 1 unspecified atom stereocenters. The van der Waals surface area contributed by atoms with E-state index in [0.717, 1.165) is 0 Å². The molecule has 0 spiro atoms. The molecule has 2 rings (SSSR count). The first-order valence-electron chi connectivity index (χ1n) is 5.47. The van der Waals surface area contributed by atoms with E-state index < -0.39 is 0 Å². The Morgan fingerprint density at radius 2 is 2.24 bits per heavy atom. The Balaban J connectivity index is 2.05. The van der Waals surface area contributed by atoms with Gasteiger partial charge in [-0.3, -0.25) is 9.59 Å². The highest BCUT2D eigenvalue weighted by Gasteiger charge is 2.28. The van der Waals surface area contributed by atoms with Crippen molar-refractivity contribution in [3.63, 3.8) is 0 Å². The van der Waals surface area contributed by atoms with Gasteiger partial charge in [0.2, 0.25) is 11.8 Å². The first kappa shape index (κ1) is 11.6. The fourth-order valence-corrected chi connectivity index (χ4v) is 1.81. The summed E-state index contributed by atoms with van der Waals surface area (Å²) in [6.45, 7) is 0.254. The van der Waals surface area contributed by atoms with Crippen LogP contribution in [0.1, 0.15) is 12.0 Å². The van der Waals surface area contributed by atoms with Crippen LogP contribution in [0, 0.1) is 5.92 Å². The summed E-state index contributed by atoms with van der Waals surface area (Å²) < 4.78 is 0. The summed E-state index contributed by atoms with van der Waals surface area (Å²) in [5.41, 5.74) is 1.26. The molecule has 1 aromatic carbocycles. The Morgan fingerprint density at radius 1 is 1.47 bits per heavy atom. The van der Waals surface area contributed by atoms with Crippen molar-refractivity contribution in [1.82, 2.24) is 5.32 Å². The van der Waals surface area contributed by atoms with Crippen LogP contribution in [0.25, 0.3) is 0 Å². The molecule has 0 aromatic heterocycles. The van der Waals surface area contributed by atoms with Crippen molar-refractivity contribution in [1.29, 1.82) is 0 Å². The Hall–Kier alpha value is -1.88. The van der Waals surface area contributed by atoms with Gasteiger partial charge in [-0.1, -0.05) is 18.2 Å². The predicted octanol–water partition coefficient (Wildman–Crippen LogP) is 0.254. The van der Waals surface area contributed by atoms with Crippen molar-refractivity contribution >= 4 is 17.5 Å². The zero-order chi connectivity index (χ0) is 12.3. The smallest absolute Gasteiger partial charge is 0.229 e. The van der Waals surface area contributed by atoms with Crippen molar-refractivity contribution < 1.29 is 14.7 Å². The van der Waals surface area contributed by atoms with Crippen molar-refractivity contribution in [3.05, 3.63) is 29.8 Å². The summed E-state index contributed by atoms with van der Waals surface area (Å²) in [7, 11) is 0. The first-order valence-corrected chi connectivity index (χ1v) is 5.47. The van der Waals surface area contributed by atoms with E-state index in [4.69, 9.17) is 5.11 Å². The third-order valence-electron chi connectivity index (χ3n) is 2.79. The number of hydrogen-bond donors (Lipinski definition) is 3. The van der Waals surface area contributed by atoms with Crippen molar-refractivity contribution in [2.75, 3.05) is 11.9 Å². The molecule has 0 aliphatic carbocycles. The molecule has 1 saturated heterocycles. The lowest BCUT2D eigenvalue weighted by Crippen LogP contribution is -2.25. The second-order valence-electron chi connectivity index (χ2n) is 4.01. The zero-order valence-electron chi connectivity index (χ0n) is 9.27. The van der Waals surface area contributed by atoms with E-state index in [9.17, 15) is 9.59 Å². The van der Waals surface area contributed by atoms with Gasteiger partial charge >= 0.3 is 0 Å². The molecule has 2 amide bonds. The highest BCUT2D eigenvalue weighted by atomic mass is 16.3. The van der Waals surface area contributed by atoms with Crippen LogP contribution in [-0.4, -0.2) is 23.5 Å². The molecule has 1 aliphatic rings. The molecule has 5 heteroatoms. The number of aliphatic hydroxyl groups excluding tert-OH is 1. The molecule has 5 nitrogen and oxygen atoms in total. The Bertz CT molecular complexity index is 445. The van der Waals surface area contributed by atoms with E-state index in [-0.39, 0.29) is 30.8 Å². The van der Waals surface area contributed by atoms with Gasteiger partial charge in [0.25, 0.3) is 0 Å². The number of aliphatic hydroxyl groups is 1. The van der Waals surface area contributed by atoms with Crippen LogP contribution in [-0.2, 0) is 16.2 Å². The lowest BCUT2D eigenvalue weighted by atomic mass is 10.1. The van der Waals surface area contributed by atoms with Crippen LogP contribution in [0.15, 0.2) is 24.3 Å². The lowest BCUT2D eigenvalue weighted by Gasteiger charge is -2.11. The molecule has 1 aromatic rings. The van der Waals surface area contributed by atoms with Crippen molar-refractivity contribution in [2.45, 2.75) is 13.0 Å². The van der Waals surface area contributed by atoms with Gasteiger partial charge in [-0.25, -0.2) is 0 Å². The zero-order valence-corrected chi connectivity index (χ0v) is 9.27. The minimum Gasteiger partial charge on any atom is -0.392 e. The monoisotopic (exact) mass is 234 g/mol. The van der Waals surface area contributed by atoms with Crippen LogP contribution in [0.5, 0.6) is 0 Å². The Kier molecular flexibility index (Phi) is 3.39. The maximum Gasteiger partial charge on any atom is 0.229 e. The number of benzene rings is 1. The average molecular weight is 234 g/mol. The van der Waals surface area contributed by atoms with Gasteiger partial charge in [0, 0.05) is 24.2 Å². The molecule has 90 valence electrons. The summed E-state index contributed by atoms with van der Waals surface area (Å²) in [6.07, 6.45) is 0.229. The quantitative estimate of drug-likeness (QED) is 0.701. The highest BCUT2D eigenvalue weighted by molar-refractivity contribution is 5.97. The molecule has 3 N–H and O–H groups in total. The van der Waals surface area contributed by atoms with E-state index in [2.05, 4.69) is 10.6 Å². The summed E-state index contributed by atoms with van der Waals surface area (Å²) in [5, 5.41) is 14.5. The van der Waals surface area contributed by atoms with Crippen LogP contribution in [0.4, 0.5) is 5.69 Å². The number of amides is 2. The van der Waals surface area contributed by atoms with Gasteiger partial charge < -0.3 is 15.7 Å². The summed E-state index contributed by atoms with van der Waals surface area (Å²) in [4.78, 5) is 22.8. The fraction of sp³-hybridized carbons (Fsp3) is 0.333. The molecular weight excluding hydrogens is 220 g/mol. The number of carbonyl (C=O) groups excluding carboxylic acids is 2. The number of para-hydroxylation sites is 1. The number of hydrogen-bond acceptors (Lipinski definition) is 3. The predicted molar refractivity (Wildman–Crippen MR) is 62.1 cm³/mol. The van der Waals surface area contributed by atoms with E-state index in [1.54, 1.807) is 24.3 Å². The summed E-state index contributed by atoms with van der Waals surface area (Å²) in [5.74, 6) is -0.612. The van der Waals surface area contributed by atoms with Gasteiger partial charge in [0.15, 0.2) is 0 Å². The molecule has 1 heterocycles. The first-order chi connectivity index (χ1) is 8.20. The van der Waals surface area contributed by atoms with Crippen molar-refractivity contribution in [3.8, 4) is 0 Å². The molecule has 1 fully saturated rings. The van der Waals surface area contributed by atoms with Gasteiger partial charge in [-0.15, -0.1) is 0 Å². The SMILES string of the molecule is O=C1CC(C(=O)Nc2ccccc2CO)CN1. The molecule has 0 radical (unpaired) electrons. The Morgan fingerprint density at radius 3 is 2.88 bits per heavy atom. The second kappa shape index (κ2) is 4.97. The lowest BCUT2D eigenvalue weighted by molar-refractivity contribution is -0.123. The van der Waals surface area contributed by atoms with E-state index in [0.29, 0.717) is 17.8 Å². The molecular formula is C12H14N2O3. The number of carbonyl (C=O) groups is 2. The van der Waals surface area contributed by atoms with E-state index in [1.807, 2.05) is 0 Å². The number of anilines is 1. The maximum absolute atomic E-state index is 11.8. The topological polar surface area (TPSA) is 78.4 Å². The minimum atomic E-state index is -0.325. The van der Waals surface area contributed by atoms with Gasteiger partial charge in [0.1, 0.15) is 0 Å². The minimum absolute atomic E-state index is 0.0967. The maximum atomic E-state index is 11.8. The molecule has 1 aliphatic heterocycles. The van der Waals surface area contributed by atoms with E-state index >= 15 is 0 Å². The van der Waals surface area contributed by atoms with E-state index in [1.165, 1.54) is 0 Å². The van der Waals surface area contributed by atoms with Crippen molar-refractivity contribution in [2.24, 2.45) is 5.92 Å². The van der Waals surface area contributed by atoms with Crippen LogP contribution >= 0.6 is 0 Å². The third kappa shape index (κ3) is 2.62. The Labute approximate surface area is 98.8 Å². The van der Waals surface area contributed by atoms with Crippen LogP contribution in [0.2, 0.25) is 0 Å². The summed E-state index contributed by atoms with van der Waals surface area (Å²) in [6, 6.07) is 7.05. The highest BCUT2D eigenvalue weighted by Crippen LogP contribution is 2.17. The van der Waals surface area contributed by atoms with Gasteiger partial charge in [-0.05, 0) is 6.07 Å². The molecule has 1 atom stereocenters. The largest absolute Gasteiger partial charge is 0.392 e. The standard InChI is InChI=1S/C12H14N2O3/c15-7-8-3-1-2-4-10(8)14-12(17)9-5-11(16)13-6-9/h1-4,9,15H,5-7H2,(H,13,16)(H,14,17). The normalized spacial score (nSPS) is 18.9. The molecule has 17 heavy (non-hydrogen) atoms. The number of nitrogens with one attached hydrogen (secondary N) is 2. The molecule has 0 saturated carbocycles. The number of rotatable bonds is 3. The second-order valence-corrected chi connectivity index (χ2v) is 4.01. The fourth-order valence-electron chi connectivity index (χ4n) is 1.81. The average Bonchev–Trinajstić information content (AvgIpc) is 2.77.